The molecule has 1 atom stereocenters. The van der Waals surface area contributed by atoms with Crippen molar-refractivity contribution in [1.29, 1.82) is 0 Å². The minimum absolute atomic E-state index is 0.346. The normalized spacial score (nSPS) is 12.8. The van der Waals surface area contributed by atoms with E-state index in [-0.39, 0.29) is 0 Å². The molecule has 18 heavy (non-hydrogen) atoms. The summed E-state index contributed by atoms with van der Waals surface area (Å²) in [5, 5.41) is 11.1. The van der Waals surface area contributed by atoms with Gasteiger partial charge in [0.15, 0.2) is 0 Å². The summed E-state index contributed by atoms with van der Waals surface area (Å²) in [6, 6.07) is 9.84. The third-order valence-electron chi connectivity index (χ3n) is 2.86. The van der Waals surface area contributed by atoms with Crippen LogP contribution in [-0.2, 0) is 4.74 Å². The number of pyridine rings is 1. The predicted octanol–water partition coefficient (Wildman–Crippen LogP) is 3.00. The van der Waals surface area contributed by atoms with Gasteiger partial charge in [-0.05, 0) is 37.1 Å². The molecule has 1 aromatic heterocycles. The molecule has 0 saturated heterocycles. The lowest BCUT2D eigenvalue weighted by Gasteiger charge is -2.12. The summed E-state index contributed by atoms with van der Waals surface area (Å²) in [7, 11) is 0. The fraction of sp³-hybridized carbons (Fsp3) is 0.400. The molecule has 3 nitrogen and oxygen atoms in total. The molecule has 0 bridgehead atoms. The van der Waals surface area contributed by atoms with Crippen LogP contribution in [0.4, 0.5) is 0 Å². The van der Waals surface area contributed by atoms with Crippen LogP contribution >= 0.6 is 0 Å². The van der Waals surface area contributed by atoms with Crippen molar-refractivity contribution in [2.45, 2.75) is 26.4 Å². The zero-order valence-corrected chi connectivity index (χ0v) is 10.9. The van der Waals surface area contributed by atoms with Gasteiger partial charge in [0.05, 0.1) is 12.1 Å². The molecule has 0 spiro atoms. The van der Waals surface area contributed by atoms with Crippen molar-refractivity contribution in [3.05, 3.63) is 41.6 Å². The Morgan fingerprint density at radius 3 is 2.89 bits per heavy atom. The van der Waals surface area contributed by atoms with Gasteiger partial charge >= 0.3 is 0 Å². The molecule has 96 valence electrons. The average molecular weight is 245 g/mol. The van der Waals surface area contributed by atoms with Crippen LogP contribution in [0.1, 0.15) is 30.7 Å². The third kappa shape index (κ3) is 3.06. The van der Waals surface area contributed by atoms with Gasteiger partial charge in [-0.15, -0.1) is 0 Å². The number of aliphatic hydroxyl groups excluding tert-OH is 1. The molecule has 0 aliphatic carbocycles. The first kappa shape index (κ1) is 13.0. The van der Waals surface area contributed by atoms with E-state index in [9.17, 15) is 5.11 Å². The number of ether oxygens (including phenoxy) is 1. The SMILES string of the molecule is CCCOCC(O)c1ccc2nc(C)ccc2c1. The van der Waals surface area contributed by atoms with Crippen LogP contribution in [0, 0.1) is 6.92 Å². The summed E-state index contributed by atoms with van der Waals surface area (Å²) < 4.78 is 5.36. The summed E-state index contributed by atoms with van der Waals surface area (Å²) in [6.45, 7) is 5.06. The highest BCUT2D eigenvalue weighted by atomic mass is 16.5. The monoisotopic (exact) mass is 245 g/mol. The summed E-state index contributed by atoms with van der Waals surface area (Å²) in [6.07, 6.45) is 0.399. The number of nitrogens with zero attached hydrogens (tertiary/aromatic N) is 1. The van der Waals surface area contributed by atoms with Crippen molar-refractivity contribution in [2.75, 3.05) is 13.2 Å². The van der Waals surface area contributed by atoms with Gasteiger partial charge in [-0.2, -0.15) is 0 Å². The zero-order chi connectivity index (χ0) is 13.0. The maximum absolute atomic E-state index is 10.0. The van der Waals surface area contributed by atoms with Gasteiger partial charge in [0, 0.05) is 17.7 Å². The maximum atomic E-state index is 10.0. The Bertz CT molecular complexity index is 525. The van der Waals surface area contributed by atoms with Crippen molar-refractivity contribution in [3.8, 4) is 0 Å². The molecule has 0 amide bonds. The first-order chi connectivity index (χ1) is 8.70. The molecule has 1 aromatic carbocycles. The Morgan fingerprint density at radius 2 is 2.11 bits per heavy atom. The lowest BCUT2D eigenvalue weighted by molar-refractivity contribution is 0.0364. The van der Waals surface area contributed by atoms with Crippen LogP contribution in [0.5, 0.6) is 0 Å². The Kier molecular flexibility index (Phi) is 4.28. The lowest BCUT2D eigenvalue weighted by atomic mass is 10.1. The molecular weight excluding hydrogens is 226 g/mol. The van der Waals surface area contributed by atoms with E-state index in [0.29, 0.717) is 13.2 Å². The third-order valence-corrected chi connectivity index (χ3v) is 2.86. The van der Waals surface area contributed by atoms with Gasteiger partial charge < -0.3 is 9.84 Å². The fourth-order valence-corrected chi connectivity index (χ4v) is 1.89. The van der Waals surface area contributed by atoms with E-state index in [1.807, 2.05) is 37.3 Å². The summed E-state index contributed by atoms with van der Waals surface area (Å²) >= 11 is 0. The number of aryl methyl sites for hydroxylation is 1. The van der Waals surface area contributed by atoms with Gasteiger partial charge in [-0.1, -0.05) is 19.1 Å². The van der Waals surface area contributed by atoms with E-state index in [1.54, 1.807) is 0 Å². The highest BCUT2D eigenvalue weighted by molar-refractivity contribution is 5.79. The summed E-state index contributed by atoms with van der Waals surface area (Å²) in [4.78, 5) is 4.44. The number of aliphatic hydroxyl groups is 1. The molecule has 0 radical (unpaired) electrons. The summed E-state index contributed by atoms with van der Waals surface area (Å²) in [5.41, 5.74) is 2.84. The molecule has 3 heteroatoms. The first-order valence-electron chi connectivity index (χ1n) is 6.34. The van der Waals surface area contributed by atoms with Crippen LogP contribution in [0.2, 0.25) is 0 Å². The lowest BCUT2D eigenvalue weighted by Crippen LogP contribution is -2.07. The van der Waals surface area contributed by atoms with Crippen LogP contribution in [0.25, 0.3) is 10.9 Å². The van der Waals surface area contributed by atoms with E-state index in [4.69, 9.17) is 4.74 Å². The second kappa shape index (κ2) is 5.94. The Morgan fingerprint density at radius 1 is 1.28 bits per heavy atom. The van der Waals surface area contributed by atoms with E-state index in [1.165, 1.54) is 0 Å². The number of aromatic nitrogens is 1. The molecule has 2 rings (SSSR count). The molecule has 1 unspecified atom stereocenters. The predicted molar refractivity (Wildman–Crippen MR) is 72.5 cm³/mol. The minimum atomic E-state index is -0.567. The fourth-order valence-electron chi connectivity index (χ4n) is 1.89. The van der Waals surface area contributed by atoms with Gasteiger partial charge in [-0.3, -0.25) is 4.98 Å². The van der Waals surface area contributed by atoms with E-state index in [0.717, 1.165) is 28.6 Å². The number of hydrogen-bond acceptors (Lipinski definition) is 3. The number of fused-ring (bicyclic) bond motifs is 1. The molecule has 1 N–H and O–H groups in total. The Labute approximate surface area is 107 Å². The van der Waals surface area contributed by atoms with Crippen molar-refractivity contribution in [2.24, 2.45) is 0 Å². The number of benzene rings is 1. The number of hydrogen-bond donors (Lipinski definition) is 1. The van der Waals surface area contributed by atoms with E-state index >= 15 is 0 Å². The molecular formula is C15H19NO2. The highest BCUT2D eigenvalue weighted by Gasteiger charge is 2.08. The van der Waals surface area contributed by atoms with Crippen LogP contribution < -0.4 is 0 Å². The smallest absolute Gasteiger partial charge is 0.102 e. The molecule has 1 heterocycles. The van der Waals surface area contributed by atoms with Crippen LogP contribution in [0.15, 0.2) is 30.3 Å². The Balaban J connectivity index is 2.16. The van der Waals surface area contributed by atoms with Crippen molar-refractivity contribution in [1.82, 2.24) is 4.98 Å². The highest BCUT2D eigenvalue weighted by Crippen LogP contribution is 2.20. The maximum Gasteiger partial charge on any atom is 0.102 e. The van der Waals surface area contributed by atoms with Gasteiger partial charge in [0.25, 0.3) is 0 Å². The van der Waals surface area contributed by atoms with Crippen LogP contribution in [-0.4, -0.2) is 23.3 Å². The van der Waals surface area contributed by atoms with Crippen molar-refractivity contribution < 1.29 is 9.84 Å². The molecule has 0 fully saturated rings. The van der Waals surface area contributed by atoms with Gasteiger partial charge in [-0.25, -0.2) is 0 Å². The largest absolute Gasteiger partial charge is 0.386 e. The van der Waals surface area contributed by atoms with Crippen molar-refractivity contribution >= 4 is 10.9 Å². The van der Waals surface area contributed by atoms with Gasteiger partial charge in [0.2, 0.25) is 0 Å². The minimum Gasteiger partial charge on any atom is -0.386 e. The molecule has 0 aliphatic heterocycles. The molecule has 0 saturated carbocycles. The Hall–Kier alpha value is -1.45. The molecule has 0 aliphatic rings. The van der Waals surface area contributed by atoms with Crippen molar-refractivity contribution in [3.63, 3.8) is 0 Å². The second-order valence-corrected chi connectivity index (χ2v) is 4.50. The topological polar surface area (TPSA) is 42.4 Å². The van der Waals surface area contributed by atoms with E-state index in [2.05, 4.69) is 11.9 Å². The van der Waals surface area contributed by atoms with Gasteiger partial charge in [0.1, 0.15) is 6.10 Å². The first-order valence-corrected chi connectivity index (χ1v) is 6.34. The quantitative estimate of drug-likeness (QED) is 0.823. The van der Waals surface area contributed by atoms with E-state index < -0.39 is 6.10 Å². The second-order valence-electron chi connectivity index (χ2n) is 4.50. The average Bonchev–Trinajstić information content (AvgIpc) is 2.38. The number of rotatable bonds is 5. The summed E-state index contributed by atoms with van der Waals surface area (Å²) in [5.74, 6) is 0. The standard InChI is InChI=1S/C15H19NO2/c1-3-8-18-10-15(17)13-6-7-14-12(9-13)5-4-11(2)16-14/h4-7,9,15,17H,3,8,10H2,1-2H3. The molecule has 2 aromatic rings. The van der Waals surface area contributed by atoms with Crippen LogP contribution in [0.3, 0.4) is 0 Å². The zero-order valence-electron chi connectivity index (χ0n) is 10.9.